The van der Waals surface area contributed by atoms with E-state index >= 15 is 0 Å². The molecular formula is C18H16FN3O3. The normalized spacial score (nSPS) is 10.7. The van der Waals surface area contributed by atoms with Crippen molar-refractivity contribution in [1.29, 1.82) is 0 Å². The summed E-state index contributed by atoms with van der Waals surface area (Å²) in [5.74, 6) is -0.953. The van der Waals surface area contributed by atoms with Crippen molar-refractivity contribution in [3.8, 4) is 5.75 Å². The van der Waals surface area contributed by atoms with Gasteiger partial charge in [-0.3, -0.25) is 4.98 Å². The summed E-state index contributed by atoms with van der Waals surface area (Å²) >= 11 is 0. The summed E-state index contributed by atoms with van der Waals surface area (Å²) in [6.45, 7) is 0. The number of nitrogens with zero attached hydrogens (tertiary/aromatic N) is 2. The second-order valence-corrected chi connectivity index (χ2v) is 5.44. The van der Waals surface area contributed by atoms with E-state index in [-0.39, 0.29) is 22.8 Å². The average Bonchev–Trinajstić information content (AvgIpc) is 2.63. The van der Waals surface area contributed by atoms with Crippen LogP contribution in [0.25, 0.3) is 10.9 Å². The molecule has 2 heterocycles. The van der Waals surface area contributed by atoms with Gasteiger partial charge < -0.3 is 15.2 Å². The van der Waals surface area contributed by atoms with Crippen LogP contribution in [0, 0.1) is 5.82 Å². The molecule has 0 unspecified atom stereocenters. The predicted molar refractivity (Wildman–Crippen MR) is 91.3 cm³/mol. The molecule has 0 saturated heterocycles. The molecule has 0 fully saturated rings. The lowest BCUT2D eigenvalue weighted by Crippen LogP contribution is -2.08. The first-order valence-corrected chi connectivity index (χ1v) is 7.55. The molecule has 0 amide bonds. The van der Waals surface area contributed by atoms with Crippen LogP contribution in [0.15, 0.2) is 36.5 Å². The maximum absolute atomic E-state index is 13.0. The first-order chi connectivity index (χ1) is 12.0. The smallest absolute Gasteiger partial charge is 0.360 e. The second-order valence-electron chi connectivity index (χ2n) is 5.44. The van der Waals surface area contributed by atoms with Gasteiger partial charge in [-0.2, -0.15) is 0 Å². The van der Waals surface area contributed by atoms with Crippen LogP contribution in [0.1, 0.15) is 21.6 Å². The number of pyridine rings is 2. The Morgan fingerprint density at radius 1 is 1.28 bits per heavy atom. The molecule has 3 aromatic rings. The molecule has 0 aliphatic heterocycles. The Kier molecular flexibility index (Phi) is 4.47. The van der Waals surface area contributed by atoms with Gasteiger partial charge in [0, 0.05) is 18.6 Å². The van der Waals surface area contributed by atoms with Crippen molar-refractivity contribution >= 4 is 22.7 Å². The van der Waals surface area contributed by atoms with Gasteiger partial charge in [-0.15, -0.1) is 0 Å². The van der Waals surface area contributed by atoms with Crippen molar-refractivity contribution in [1.82, 2.24) is 9.97 Å². The van der Waals surface area contributed by atoms with Crippen molar-refractivity contribution in [2.75, 3.05) is 19.5 Å². The molecule has 0 radical (unpaired) electrons. The van der Waals surface area contributed by atoms with E-state index in [1.807, 2.05) is 6.07 Å². The average molecular weight is 341 g/mol. The number of nitrogens with one attached hydrogen (secondary N) is 1. The van der Waals surface area contributed by atoms with Crippen LogP contribution in [0.2, 0.25) is 0 Å². The molecule has 0 spiro atoms. The topological polar surface area (TPSA) is 84.3 Å². The number of rotatable bonds is 4. The number of anilines is 1. The molecule has 3 rings (SSSR count). The molecule has 2 N–H and O–H groups in total. The molecule has 0 aliphatic rings. The number of carbonyl (C=O) groups excluding carboxylic acids is 1. The van der Waals surface area contributed by atoms with Crippen molar-refractivity contribution in [2.45, 2.75) is 6.42 Å². The van der Waals surface area contributed by atoms with E-state index in [1.54, 1.807) is 25.4 Å². The summed E-state index contributed by atoms with van der Waals surface area (Å²) in [5, 5.41) is 13.8. The fraction of sp³-hybridized carbons (Fsp3) is 0.167. The fourth-order valence-electron chi connectivity index (χ4n) is 2.58. The largest absolute Gasteiger partial charge is 0.504 e. The highest BCUT2D eigenvalue weighted by Crippen LogP contribution is 2.31. The van der Waals surface area contributed by atoms with E-state index in [0.29, 0.717) is 17.6 Å². The van der Waals surface area contributed by atoms with Crippen molar-refractivity contribution < 1.29 is 19.0 Å². The Balaban J connectivity index is 2.07. The zero-order chi connectivity index (χ0) is 18.0. The molecule has 0 bridgehead atoms. The number of hydrogen-bond acceptors (Lipinski definition) is 6. The lowest BCUT2D eigenvalue weighted by molar-refractivity contribution is 0.0591. The summed E-state index contributed by atoms with van der Waals surface area (Å²) in [5.41, 5.74) is 1.85. The van der Waals surface area contributed by atoms with Gasteiger partial charge >= 0.3 is 5.97 Å². The SMILES string of the molecule is CNc1nc(C(=O)OC)c(O)c2ncc(Cc3ccc(F)cc3)cc12. The number of ether oxygens (including phenoxy) is 1. The predicted octanol–water partition coefficient (Wildman–Crippen LogP) is 2.89. The van der Waals surface area contributed by atoms with Crippen molar-refractivity contribution in [3.05, 3.63) is 59.2 Å². The number of esters is 1. The minimum Gasteiger partial charge on any atom is -0.504 e. The molecule has 25 heavy (non-hydrogen) atoms. The zero-order valence-corrected chi connectivity index (χ0v) is 13.7. The monoisotopic (exact) mass is 341 g/mol. The summed E-state index contributed by atoms with van der Waals surface area (Å²) in [6, 6.07) is 8.03. The Bertz CT molecular complexity index is 942. The van der Waals surface area contributed by atoms with Crippen molar-refractivity contribution in [2.24, 2.45) is 0 Å². The highest BCUT2D eigenvalue weighted by atomic mass is 19.1. The standard InChI is InChI=1S/C18H16FN3O3/c1-20-17-13-8-11(7-10-3-5-12(19)6-4-10)9-21-14(13)16(23)15(22-17)18(24)25-2/h3-6,8-9,23H,7H2,1-2H3,(H,20,22). The summed E-state index contributed by atoms with van der Waals surface area (Å²) in [4.78, 5) is 20.1. The first kappa shape index (κ1) is 16.6. The molecule has 0 saturated carbocycles. The Morgan fingerprint density at radius 3 is 2.64 bits per heavy atom. The highest BCUT2D eigenvalue weighted by Gasteiger charge is 2.20. The van der Waals surface area contributed by atoms with Crippen LogP contribution in [0.4, 0.5) is 10.2 Å². The van der Waals surface area contributed by atoms with Crippen LogP contribution in [0.3, 0.4) is 0 Å². The van der Waals surface area contributed by atoms with Crippen LogP contribution < -0.4 is 5.32 Å². The van der Waals surface area contributed by atoms with Crippen molar-refractivity contribution in [3.63, 3.8) is 0 Å². The van der Waals surface area contributed by atoms with E-state index in [4.69, 9.17) is 0 Å². The van der Waals surface area contributed by atoms with Gasteiger partial charge in [0.2, 0.25) is 0 Å². The van der Waals surface area contributed by atoms with Gasteiger partial charge in [0.1, 0.15) is 17.2 Å². The van der Waals surface area contributed by atoms with Gasteiger partial charge in [-0.25, -0.2) is 14.2 Å². The Hall–Kier alpha value is -3.22. The Morgan fingerprint density at radius 2 is 2.00 bits per heavy atom. The molecule has 0 atom stereocenters. The van der Waals surface area contributed by atoms with E-state index in [1.165, 1.54) is 19.2 Å². The molecule has 128 valence electrons. The van der Waals surface area contributed by atoms with Gasteiger partial charge in [0.05, 0.1) is 7.11 Å². The number of methoxy groups -OCH3 is 1. The molecule has 6 nitrogen and oxygen atoms in total. The number of aromatic hydroxyl groups is 1. The first-order valence-electron chi connectivity index (χ1n) is 7.55. The van der Waals surface area contributed by atoms with Gasteiger partial charge in [0.25, 0.3) is 0 Å². The molecule has 2 aromatic heterocycles. The van der Waals surface area contributed by atoms with Gasteiger partial charge in [-0.05, 0) is 35.7 Å². The summed E-state index contributed by atoms with van der Waals surface area (Å²) < 4.78 is 17.6. The van der Waals surface area contributed by atoms with Gasteiger partial charge in [0.15, 0.2) is 11.4 Å². The third-order valence-corrected chi connectivity index (χ3v) is 3.81. The minimum absolute atomic E-state index is 0.196. The number of benzene rings is 1. The summed E-state index contributed by atoms with van der Waals surface area (Å²) in [6.07, 6.45) is 2.15. The Labute approximate surface area is 143 Å². The number of carbonyl (C=O) groups is 1. The summed E-state index contributed by atoms with van der Waals surface area (Å²) in [7, 11) is 2.87. The number of hydrogen-bond donors (Lipinski definition) is 2. The van der Waals surface area contributed by atoms with E-state index in [2.05, 4.69) is 20.0 Å². The van der Waals surface area contributed by atoms with E-state index < -0.39 is 5.97 Å². The van der Waals surface area contributed by atoms with Crippen LogP contribution in [-0.2, 0) is 11.2 Å². The van der Waals surface area contributed by atoms with Crippen LogP contribution >= 0.6 is 0 Å². The van der Waals surface area contributed by atoms with E-state index in [0.717, 1.165) is 11.1 Å². The third kappa shape index (κ3) is 3.21. The maximum Gasteiger partial charge on any atom is 0.360 e. The molecule has 0 aliphatic carbocycles. The quantitative estimate of drug-likeness (QED) is 0.710. The lowest BCUT2D eigenvalue weighted by atomic mass is 10.0. The number of halogens is 1. The zero-order valence-electron chi connectivity index (χ0n) is 13.7. The van der Waals surface area contributed by atoms with Crippen LogP contribution in [0.5, 0.6) is 5.75 Å². The molecule has 7 heteroatoms. The third-order valence-electron chi connectivity index (χ3n) is 3.81. The molecular weight excluding hydrogens is 325 g/mol. The second kappa shape index (κ2) is 6.72. The minimum atomic E-state index is -0.743. The maximum atomic E-state index is 13.0. The highest BCUT2D eigenvalue weighted by molar-refractivity contribution is 6.01. The lowest BCUT2D eigenvalue weighted by Gasteiger charge is -2.11. The molecule has 1 aromatic carbocycles. The number of aromatic nitrogens is 2. The van der Waals surface area contributed by atoms with Crippen LogP contribution in [-0.4, -0.2) is 35.2 Å². The number of fused-ring (bicyclic) bond motifs is 1. The van der Waals surface area contributed by atoms with E-state index in [9.17, 15) is 14.3 Å². The van der Waals surface area contributed by atoms with Gasteiger partial charge in [-0.1, -0.05) is 12.1 Å². The fourth-order valence-corrected chi connectivity index (χ4v) is 2.58.